The maximum absolute atomic E-state index is 12.1. The van der Waals surface area contributed by atoms with E-state index in [9.17, 15) is 8.42 Å². The van der Waals surface area contributed by atoms with Gasteiger partial charge in [-0.25, -0.2) is 8.42 Å². The number of aryl methyl sites for hydroxylation is 1. The topological polar surface area (TPSA) is 110 Å². The number of thiocarbonyl (C=S) groups is 1. The number of nitrogens with two attached hydrogens (primary N) is 1. The Morgan fingerprint density at radius 3 is 2.50 bits per heavy atom. The van der Waals surface area contributed by atoms with Gasteiger partial charge in [0.05, 0.1) is 4.90 Å². The summed E-state index contributed by atoms with van der Waals surface area (Å²) in [5.74, 6) is 0.645. The van der Waals surface area contributed by atoms with Crippen molar-refractivity contribution in [1.29, 1.82) is 0 Å². The molecular weight excluding hydrogens is 300 g/mol. The average molecular weight is 312 g/mol. The highest BCUT2D eigenvalue weighted by Gasteiger charge is 2.16. The van der Waals surface area contributed by atoms with Crippen LogP contribution in [0.1, 0.15) is 5.76 Å². The van der Waals surface area contributed by atoms with E-state index in [1.807, 2.05) is 0 Å². The molecule has 0 aliphatic rings. The van der Waals surface area contributed by atoms with Gasteiger partial charge in [0, 0.05) is 11.8 Å². The van der Waals surface area contributed by atoms with E-state index >= 15 is 0 Å². The highest BCUT2D eigenvalue weighted by molar-refractivity contribution is 7.92. The minimum Gasteiger partial charge on any atom is -0.376 e. The summed E-state index contributed by atoms with van der Waals surface area (Å²) >= 11 is 4.69. The first kappa shape index (κ1) is 14.3. The fraction of sp³-hybridized carbons (Fsp3) is 0.0909. The second-order valence-electron chi connectivity index (χ2n) is 3.94. The molecule has 0 amide bonds. The molecule has 0 atom stereocenters. The lowest BCUT2D eigenvalue weighted by Gasteiger charge is -2.07. The SMILES string of the molecule is Cc1cc(NS(=O)(=O)c2ccc(NC(N)=S)cc2)no1. The molecule has 1 aromatic heterocycles. The lowest BCUT2D eigenvalue weighted by molar-refractivity contribution is 0.400. The van der Waals surface area contributed by atoms with Gasteiger partial charge in [0.2, 0.25) is 0 Å². The third kappa shape index (κ3) is 3.45. The summed E-state index contributed by atoms with van der Waals surface area (Å²) in [5.41, 5.74) is 5.93. The highest BCUT2D eigenvalue weighted by Crippen LogP contribution is 2.18. The van der Waals surface area contributed by atoms with Crippen molar-refractivity contribution in [3.8, 4) is 0 Å². The third-order valence-electron chi connectivity index (χ3n) is 2.30. The monoisotopic (exact) mass is 312 g/mol. The fourth-order valence-corrected chi connectivity index (χ4v) is 2.57. The zero-order valence-electron chi connectivity index (χ0n) is 10.5. The van der Waals surface area contributed by atoms with Crippen molar-refractivity contribution in [2.75, 3.05) is 10.0 Å². The van der Waals surface area contributed by atoms with Crippen LogP contribution >= 0.6 is 12.2 Å². The Kier molecular flexibility index (Phi) is 3.91. The Labute approximate surface area is 121 Å². The summed E-state index contributed by atoms with van der Waals surface area (Å²) < 4.78 is 31.3. The molecule has 2 aromatic rings. The average Bonchev–Trinajstić information content (AvgIpc) is 2.74. The maximum Gasteiger partial charge on any atom is 0.263 e. The summed E-state index contributed by atoms with van der Waals surface area (Å²) in [5, 5.41) is 6.38. The molecule has 0 bridgehead atoms. The second kappa shape index (κ2) is 5.47. The van der Waals surface area contributed by atoms with E-state index in [-0.39, 0.29) is 15.8 Å². The third-order valence-corrected chi connectivity index (χ3v) is 3.77. The van der Waals surface area contributed by atoms with Crippen LogP contribution in [0.15, 0.2) is 39.8 Å². The molecule has 0 radical (unpaired) electrons. The van der Waals surface area contributed by atoms with Gasteiger partial charge in [0.1, 0.15) is 5.76 Å². The lowest BCUT2D eigenvalue weighted by Crippen LogP contribution is -2.19. The first-order chi connectivity index (χ1) is 9.37. The van der Waals surface area contributed by atoms with Crippen LogP contribution in [0, 0.1) is 6.92 Å². The first-order valence-corrected chi connectivity index (χ1v) is 7.38. The molecule has 0 fully saturated rings. The molecule has 0 saturated carbocycles. The fourth-order valence-electron chi connectivity index (χ4n) is 1.47. The Morgan fingerprint density at radius 1 is 1.35 bits per heavy atom. The smallest absolute Gasteiger partial charge is 0.263 e. The molecule has 0 saturated heterocycles. The Balaban J connectivity index is 2.19. The van der Waals surface area contributed by atoms with Crippen LogP contribution in [0.4, 0.5) is 11.5 Å². The van der Waals surface area contributed by atoms with E-state index in [0.29, 0.717) is 11.4 Å². The first-order valence-electron chi connectivity index (χ1n) is 5.49. The molecule has 7 nitrogen and oxygen atoms in total. The number of anilines is 2. The van der Waals surface area contributed by atoms with Crippen molar-refractivity contribution in [2.45, 2.75) is 11.8 Å². The number of benzene rings is 1. The quantitative estimate of drug-likeness (QED) is 0.733. The minimum absolute atomic E-state index is 0.0895. The van der Waals surface area contributed by atoms with Crippen molar-refractivity contribution in [3.05, 3.63) is 36.1 Å². The van der Waals surface area contributed by atoms with Crippen LogP contribution in [0.2, 0.25) is 0 Å². The molecular formula is C11H12N4O3S2. The Morgan fingerprint density at radius 2 is 2.00 bits per heavy atom. The molecule has 0 aliphatic carbocycles. The van der Waals surface area contributed by atoms with Crippen LogP contribution in [0.3, 0.4) is 0 Å². The number of rotatable bonds is 4. The number of nitrogens with zero attached hydrogens (tertiary/aromatic N) is 1. The molecule has 1 aromatic carbocycles. The van der Waals surface area contributed by atoms with Gasteiger partial charge in [-0.2, -0.15) is 0 Å². The number of aromatic nitrogens is 1. The molecule has 1 heterocycles. The molecule has 20 heavy (non-hydrogen) atoms. The number of hydrogen-bond donors (Lipinski definition) is 3. The normalized spacial score (nSPS) is 11.1. The molecule has 0 spiro atoms. The van der Waals surface area contributed by atoms with Crippen LogP contribution in [-0.4, -0.2) is 18.7 Å². The van der Waals surface area contributed by atoms with Crippen LogP contribution in [0.5, 0.6) is 0 Å². The van der Waals surface area contributed by atoms with E-state index in [2.05, 4.69) is 15.2 Å². The summed E-state index contributed by atoms with van der Waals surface area (Å²) in [6.07, 6.45) is 0. The molecule has 9 heteroatoms. The highest BCUT2D eigenvalue weighted by atomic mass is 32.2. The second-order valence-corrected chi connectivity index (χ2v) is 6.06. The van der Waals surface area contributed by atoms with Crippen molar-refractivity contribution >= 4 is 38.9 Å². The van der Waals surface area contributed by atoms with Crippen molar-refractivity contribution < 1.29 is 12.9 Å². The number of nitrogens with one attached hydrogen (secondary N) is 2. The summed E-state index contributed by atoms with van der Waals surface area (Å²) in [4.78, 5) is 0.0895. The van der Waals surface area contributed by atoms with E-state index in [1.165, 1.54) is 18.2 Å². The van der Waals surface area contributed by atoms with Gasteiger partial charge in [-0.05, 0) is 43.4 Å². The molecule has 0 aliphatic heterocycles. The maximum atomic E-state index is 12.1. The van der Waals surface area contributed by atoms with E-state index in [4.69, 9.17) is 22.5 Å². The standard InChI is InChI=1S/C11H12N4O3S2/c1-7-6-10(14-18-7)15-20(16,17)9-4-2-8(3-5-9)13-11(12)19/h2-6H,1H3,(H,14,15)(H3,12,13,19). The van der Waals surface area contributed by atoms with Crippen LogP contribution in [0.25, 0.3) is 0 Å². The van der Waals surface area contributed by atoms with Gasteiger partial charge in [-0.1, -0.05) is 5.16 Å². The van der Waals surface area contributed by atoms with Crippen molar-refractivity contribution in [1.82, 2.24) is 5.16 Å². The zero-order chi connectivity index (χ0) is 14.8. The largest absolute Gasteiger partial charge is 0.376 e. The van der Waals surface area contributed by atoms with Crippen molar-refractivity contribution in [2.24, 2.45) is 5.73 Å². The van der Waals surface area contributed by atoms with Gasteiger partial charge in [-0.15, -0.1) is 0 Å². The van der Waals surface area contributed by atoms with E-state index in [1.54, 1.807) is 19.1 Å². The van der Waals surface area contributed by atoms with Crippen molar-refractivity contribution in [3.63, 3.8) is 0 Å². The predicted molar refractivity (Wildman–Crippen MR) is 78.9 cm³/mol. The van der Waals surface area contributed by atoms with Gasteiger partial charge < -0.3 is 15.6 Å². The summed E-state index contributed by atoms with van der Waals surface area (Å²) in [7, 11) is -3.71. The lowest BCUT2D eigenvalue weighted by atomic mass is 10.3. The van der Waals surface area contributed by atoms with Crippen LogP contribution < -0.4 is 15.8 Å². The van der Waals surface area contributed by atoms with E-state index < -0.39 is 10.0 Å². The number of hydrogen-bond acceptors (Lipinski definition) is 5. The summed E-state index contributed by atoms with van der Waals surface area (Å²) in [6, 6.07) is 7.45. The molecule has 106 valence electrons. The number of sulfonamides is 1. The van der Waals surface area contributed by atoms with Gasteiger partial charge >= 0.3 is 0 Å². The molecule has 4 N–H and O–H groups in total. The minimum atomic E-state index is -3.71. The zero-order valence-corrected chi connectivity index (χ0v) is 12.1. The summed E-state index contributed by atoms with van der Waals surface area (Å²) in [6.45, 7) is 1.67. The van der Waals surface area contributed by atoms with Gasteiger partial charge in [0.15, 0.2) is 10.9 Å². The molecule has 0 unspecified atom stereocenters. The Bertz CT molecular complexity index is 722. The van der Waals surface area contributed by atoms with Gasteiger partial charge in [0.25, 0.3) is 10.0 Å². The predicted octanol–water partition coefficient (Wildman–Crippen LogP) is 1.44. The molecule has 2 rings (SSSR count). The van der Waals surface area contributed by atoms with E-state index in [0.717, 1.165) is 0 Å². The Hall–Kier alpha value is -2.13. The van der Waals surface area contributed by atoms with Gasteiger partial charge in [-0.3, -0.25) is 4.72 Å². The van der Waals surface area contributed by atoms with Crippen LogP contribution in [-0.2, 0) is 10.0 Å².